The summed E-state index contributed by atoms with van der Waals surface area (Å²) in [4.78, 5) is 17.3. The number of thiophene rings is 1. The number of carbonyl (C=O) groups excluding carboxylic acids is 1. The van der Waals surface area contributed by atoms with Gasteiger partial charge >= 0.3 is 5.97 Å². The first-order chi connectivity index (χ1) is 13.9. The summed E-state index contributed by atoms with van der Waals surface area (Å²) in [6.07, 6.45) is 1.65. The van der Waals surface area contributed by atoms with Crippen molar-refractivity contribution in [1.29, 1.82) is 0 Å². The fourth-order valence-corrected chi connectivity index (χ4v) is 4.78. The number of nitrogens with zero attached hydrogens (tertiary/aromatic N) is 1. The minimum Gasteiger partial charge on any atom is -0.496 e. The largest absolute Gasteiger partial charge is 0.496 e. The standard InChI is InChI=1S/C21H15Cl2NO4S/c1-10-4-5-11(9-15(10)27-3)8-13-21(25)28-20(24-13)19-16(22)12-6-7-14(26-2)17(23)18(12)29-19/h4-9H,1-3H3/b13-8-. The maximum Gasteiger partial charge on any atom is 0.363 e. The monoisotopic (exact) mass is 447 g/mol. The summed E-state index contributed by atoms with van der Waals surface area (Å²) >= 11 is 14.2. The zero-order valence-corrected chi connectivity index (χ0v) is 18.0. The number of benzene rings is 2. The quantitative estimate of drug-likeness (QED) is 0.370. The van der Waals surface area contributed by atoms with Crippen molar-refractivity contribution >= 4 is 62.6 Å². The third kappa shape index (κ3) is 3.48. The molecule has 0 spiro atoms. The van der Waals surface area contributed by atoms with Crippen LogP contribution in [0.25, 0.3) is 16.2 Å². The second kappa shape index (κ2) is 7.71. The number of hydrogen-bond acceptors (Lipinski definition) is 6. The number of cyclic esters (lactones) is 1. The maximum absolute atomic E-state index is 12.4. The van der Waals surface area contributed by atoms with Crippen LogP contribution in [0, 0.1) is 6.92 Å². The molecule has 1 aromatic heterocycles. The molecular formula is C21H15Cl2NO4S. The highest BCUT2D eigenvalue weighted by molar-refractivity contribution is 7.22. The number of aliphatic imine (C=N–C) groups is 1. The molecule has 4 rings (SSSR count). The maximum atomic E-state index is 12.4. The van der Waals surface area contributed by atoms with E-state index < -0.39 is 5.97 Å². The summed E-state index contributed by atoms with van der Waals surface area (Å²) in [5.41, 5.74) is 1.96. The molecule has 0 fully saturated rings. The molecular weight excluding hydrogens is 433 g/mol. The van der Waals surface area contributed by atoms with Crippen molar-refractivity contribution in [2.45, 2.75) is 6.92 Å². The predicted octanol–water partition coefficient (Wildman–Crippen LogP) is 5.88. The number of esters is 1. The van der Waals surface area contributed by atoms with Crippen LogP contribution in [0.1, 0.15) is 16.0 Å². The third-order valence-electron chi connectivity index (χ3n) is 4.47. The van der Waals surface area contributed by atoms with Gasteiger partial charge in [-0.3, -0.25) is 0 Å². The van der Waals surface area contributed by atoms with E-state index in [4.69, 9.17) is 37.4 Å². The zero-order chi connectivity index (χ0) is 20.7. The average molecular weight is 448 g/mol. The van der Waals surface area contributed by atoms with E-state index in [2.05, 4.69) is 4.99 Å². The number of halogens is 2. The Morgan fingerprint density at radius 2 is 1.83 bits per heavy atom. The second-order valence-electron chi connectivity index (χ2n) is 6.27. The van der Waals surface area contributed by atoms with Crippen LogP contribution in [0.3, 0.4) is 0 Å². The minimum absolute atomic E-state index is 0.154. The third-order valence-corrected chi connectivity index (χ3v) is 6.67. The Hall–Kier alpha value is -2.54. The van der Waals surface area contributed by atoms with Crippen molar-refractivity contribution in [1.82, 2.24) is 0 Å². The number of rotatable bonds is 4. The fraction of sp³-hybridized carbons (Fsp3) is 0.143. The Balaban J connectivity index is 1.76. The number of methoxy groups -OCH3 is 2. The SMILES string of the molecule is COc1cc(/C=C2\N=C(c3sc4c(Cl)c(OC)ccc4c3Cl)OC2=O)ccc1C. The highest BCUT2D eigenvalue weighted by Gasteiger charge is 2.28. The lowest BCUT2D eigenvalue weighted by Gasteiger charge is -2.04. The van der Waals surface area contributed by atoms with E-state index in [0.717, 1.165) is 27.0 Å². The molecule has 0 N–H and O–H groups in total. The van der Waals surface area contributed by atoms with E-state index in [0.29, 0.717) is 20.7 Å². The summed E-state index contributed by atoms with van der Waals surface area (Å²) < 4.78 is 16.7. The fourth-order valence-electron chi connectivity index (χ4n) is 2.97. The lowest BCUT2D eigenvalue weighted by Crippen LogP contribution is -2.04. The first kappa shape index (κ1) is 19.8. The van der Waals surface area contributed by atoms with E-state index in [9.17, 15) is 4.79 Å². The normalized spacial score (nSPS) is 15.0. The summed E-state index contributed by atoms with van der Waals surface area (Å²) in [7, 11) is 3.14. The molecule has 1 aliphatic rings. The van der Waals surface area contributed by atoms with Gasteiger partial charge in [-0.1, -0.05) is 35.3 Å². The molecule has 1 aliphatic heterocycles. The van der Waals surface area contributed by atoms with Crippen LogP contribution in [0.15, 0.2) is 41.0 Å². The van der Waals surface area contributed by atoms with Gasteiger partial charge in [0.05, 0.1) is 23.9 Å². The van der Waals surface area contributed by atoms with Gasteiger partial charge in [0.25, 0.3) is 0 Å². The molecule has 0 radical (unpaired) electrons. The van der Waals surface area contributed by atoms with Gasteiger partial charge in [-0.05, 0) is 42.3 Å². The smallest absolute Gasteiger partial charge is 0.363 e. The van der Waals surface area contributed by atoms with Gasteiger partial charge in [-0.2, -0.15) is 0 Å². The van der Waals surface area contributed by atoms with Crippen LogP contribution in [0.5, 0.6) is 11.5 Å². The van der Waals surface area contributed by atoms with Gasteiger partial charge in [-0.15, -0.1) is 11.3 Å². The number of ether oxygens (including phenoxy) is 3. The molecule has 3 aromatic rings. The van der Waals surface area contributed by atoms with Crippen LogP contribution in [0.4, 0.5) is 0 Å². The predicted molar refractivity (Wildman–Crippen MR) is 117 cm³/mol. The molecule has 8 heteroatoms. The van der Waals surface area contributed by atoms with Crippen molar-refractivity contribution in [2.75, 3.05) is 14.2 Å². The van der Waals surface area contributed by atoms with Gasteiger partial charge in [-0.25, -0.2) is 9.79 Å². The van der Waals surface area contributed by atoms with Crippen molar-refractivity contribution in [3.8, 4) is 11.5 Å². The topological polar surface area (TPSA) is 57.1 Å². The van der Waals surface area contributed by atoms with Gasteiger partial charge in [0.1, 0.15) is 21.4 Å². The Kier molecular flexibility index (Phi) is 5.25. The Morgan fingerprint density at radius 3 is 2.55 bits per heavy atom. The van der Waals surface area contributed by atoms with Gasteiger partial charge in [0.15, 0.2) is 5.70 Å². The molecule has 0 bridgehead atoms. The van der Waals surface area contributed by atoms with E-state index in [1.165, 1.54) is 11.3 Å². The van der Waals surface area contributed by atoms with Gasteiger partial charge in [0.2, 0.25) is 5.90 Å². The molecule has 0 atom stereocenters. The van der Waals surface area contributed by atoms with Gasteiger partial charge < -0.3 is 14.2 Å². The molecule has 0 aliphatic carbocycles. The highest BCUT2D eigenvalue weighted by atomic mass is 35.5. The first-order valence-corrected chi connectivity index (χ1v) is 10.1. The van der Waals surface area contributed by atoms with Crippen LogP contribution in [-0.2, 0) is 9.53 Å². The van der Waals surface area contributed by atoms with Crippen molar-refractivity contribution < 1.29 is 19.0 Å². The van der Waals surface area contributed by atoms with Crippen LogP contribution in [0.2, 0.25) is 10.0 Å². The highest BCUT2D eigenvalue weighted by Crippen LogP contribution is 2.44. The molecule has 0 saturated heterocycles. The molecule has 29 heavy (non-hydrogen) atoms. The summed E-state index contributed by atoms with van der Waals surface area (Å²) in [6, 6.07) is 9.18. The van der Waals surface area contributed by atoms with Gasteiger partial charge in [0, 0.05) is 5.39 Å². The number of fused-ring (bicyclic) bond motifs is 1. The Bertz CT molecular complexity index is 1210. The molecule has 5 nitrogen and oxygen atoms in total. The second-order valence-corrected chi connectivity index (χ2v) is 8.05. The van der Waals surface area contributed by atoms with E-state index in [1.54, 1.807) is 26.4 Å². The molecule has 148 valence electrons. The van der Waals surface area contributed by atoms with Crippen molar-refractivity contribution in [3.63, 3.8) is 0 Å². The number of aryl methyl sites for hydroxylation is 1. The van der Waals surface area contributed by atoms with E-state index in [1.807, 2.05) is 31.2 Å². The molecule has 2 heterocycles. The van der Waals surface area contributed by atoms with E-state index >= 15 is 0 Å². The van der Waals surface area contributed by atoms with Crippen LogP contribution < -0.4 is 9.47 Å². The number of hydrogen-bond donors (Lipinski definition) is 0. The average Bonchev–Trinajstić information content (AvgIpc) is 3.24. The first-order valence-electron chi connectivity index (χ1n) is 8.55. The Morgan fingerprint density at radius 1 is 1.07 bits per heavy atom. The Labute approximate surface area is 181 Å². The summed E-state index contributed by atoms with van der Waals surface area (Å²) in [5, 5.41) is 1.63. The lowest BCUT2D eigenvalue weighted by atomic mass is 10.1. The van der Waals surface area contributed by atoms with E-state index in [-0.39, 0.29) is 11.6 Å². The number of carbonyl (C=O) groups is 1. The van der Waals surface area contributed by atoms with Crippen LogP contribution >= 0.6 is 34.5 Å². The summed E-state index contributed by atoms with van der Waals surface area (Å²) in [6.45, 7) is 1.94. The zero-order valence-electron chi connectivity index (χ0n) is 15.7. The molecule has 0 amide bonds. The lowest BCUT2D eigenvalue weighted by molar-refractivity contribution is -0.129. The molecule has 0 unspecified atom stereocenters. The van der Waals surface area contributed by atoms with Crippen molar-refractivity contribution in [3.05, 3.63) is 62.1 Å². The summed E-state index contributed by atoms with van der Waals surface area (Å²) in [5.74, 6) is 0.882. The van der Waals surface area contributed by atoms with Crippen LogP contribution in [-0.4, -0.2) is 26.1 Å². The molecule has 2 aromatic carbocycles. The van der Waals surface area contributed by atoms with Crippen molar-refractivity contribution in [2.24, 2.45) is 4.99 Å². The minimum atomic E-state index is -0.545. The molecule has 0 saturated carbocycles.